The van der Waals surface area contributed by atoms with Crippen LogP contribution in [0.5, 0.6) is 11.5 Å². The van der Waals surface area contributed by atoms with Gasteiger partial charge in [0.2, 0.25) is 18.5 Å². The number of hydrogen-bond acceptors (Lipinski definition) is 7. The van der Waals surface area contributed by atoms with E-state index < -0.39 is 0 Å². The molecule has 1 aromatic heterocycles. The zero-order chi connectivity index (χ0) is 20.5. The van der Waals surface area contributed by atoms with Gasteiger partial charge in [0.1, 0.15) is 0 Å². The molecule has 3 heterocycles. The molecule has 9 heteroatoms. The summed E-state index contributed by atoms with van der Waals surface area (Å²) in [5.74, 6) is 2.19. The topological polar surface area (TPSA) is 80.9 Å². The van der Waals surface area contributed by atoms with Crippen molar-refractivity contribution >= 4 is 17.5 Å². The molecule has 1 fully saturated rings. The lowest BCUT2D eigenvalue weighted by molar-refractivity contribution is 0.0611. The average molecular weight is 427 g/mol. The Bertz CT molecular complexity index is 1060. The van der Waals surface area contributed by atoms with Crippen LogP contribution in [0.4, 0.5) is 0 Å². The summed E-state index contributed by atoms with van der Waals surface area (Å²) in [5.41, 5.74) is 1.40. The fraction of sp³-hybridized carbons (Fsp3) is 0.286. The number of benzene rings is 2. The van der Waals surface area contributed by atoms with Gasteiger partial charge in [-0.25, -0.2) is 0 Å². The Morgan fingerprint density at radius 2 is 1.83 bits per heavy atom. The van der Waals surface area contributed by atoms with Crippen molar-refractivity contribution in [2.75, 3.05) is 33.0 Å². The smallest absolute Gasteiger partial charge is 0.257 e. The van der Waals surface area contributed by atoms with Crippen LogP contribution in [0, 0.1) is 0 Å². The standard InChI is InChI=1S/C21H19ClN4O4/c22-15-6-4-14(5-7-15)20-23-18(30-24-20)12-25-8-10-26(11-9-25)21(27)16-2-1-3-17-19(16)29-13-28-17/h1-7H,8-13H2. The molecule has 0 saturated carbocycles. The highest BCUT2D eigenvalue weighted by Gasteiger charge is 2.28. The Morgan fingerprint density at radius 1 is 1.03 bits per heavy atom. The van der Waals surface area contributed by atoms with Gasteiger partial charge in [-0.1, -0.05) is 22.8 Å². The molecule has 3 aromatic rings. The van der Waals surface area contributed by atoms with Crippen LogP contribution in [0.15, 0.2) is 47.0 Å². The molecule has 0 bridgehead atoms. The second-order valence-electron chi connectivity index (χ2n) is 7.13. The van der Waals surface area contributed by atoms with Crippen molar-refractivity contribution < 1.29 is 18.8 Å². The monoisotopic (exact) mass is 426 g/mol. The highest BCUT2D eigenvalue weighted by molar-refractivity contribution is 6.30. The van der Waals surface area contributed by atoms with Crippen molar-refractivity contribution in [1.29, 1.82) is 0 Å². The van der Waals surface area contributed by atoms with Gasteiger partial charge in [0.25, 0.3) is 5.91 Å². The minimum atomic E-state index is -0.0418. The number of nitrogens with zero attached hydrogens (tertiary/aromatic N) is 4. The average Bonchev–Trinajstić information content (AvgIpc) is 3.44. The van der Waals surface area contributed by atoms with Gasteiger partial charge in [0.05, 0.1) is 12.1 Å². The Kier molecular flexibility index (Phi) is 5.02. The number of carbonyl (C=O) groups is 1. The summed E-state index contributed by atoms with van der Waals surface area (Å²) in [7, 11) is 0. The molecule has 0 spiro atoms. The number of aromatic nitrogens is 2. The summed E-state index contributed by atoms with van der Waals surface area (Å²) in [6.07, 6.45) is 0. The van der Waals surface area contributed by atoms with Gasteiger partial charge in [-0.2, -0.15) is 4.98 Å². The molecule has 2 aliphatic heterocycles. The SMILES string of the molecule is O=C(c1cccc2c1OCO2)N1CCN(Cc2nc(-c3ccc(Cl)cc3)no2)CC1. The van der Waals surface area contributed by atoms with Gasteiger partial charge in [0, 0.05) is 36.8 Å². The number of ether oxygens (including phenoxy) is 2. The van der Waals surface area contributed by atoms with E-state index in [2.05, 4.69) is 15.0 Å². The first-order chi connectivity index (χ1) is 14.7. The minimum absolute atomic E-state index is 0.0418. The van der Waals surface area contributed by atoms with Gasteiger partial charge >= 0.3 is 0 Å². The summed E-state index contributed by atoms with van der Waals surface area (Å²) < 4.78 is 16.2. The van der Waals surface area contributed by atoms with Crippen molar-refractivity contribution in [1.82, 2.24) is 19.9 Å². The largest absolute Gasteiger partial charge is 0.454 e. The lowest BCUT2D eigenvalue weighted by Gasteiger charge is -2.34. The summed E-state index contributed by atoms with van der Waals surface area (Å²) in [4.78, 5) is 21.4. The van der Waals surface area contributed by atoms with Gasteiger partial charge in [-0.05, 0) is 36.4 Å². The zero-order valence-corrected chi connectivity index (χ0v) is 16.8. The Balaban J connectivity index is 1.19. The number of carbonyl (C=O) groups excluding carboxylic acids is 1. The van der Waals surface area contributed by atoms with Crippen LogP contribution in [0.3, 0.4) is 0 Å². The normalized spacial score (nSPS) is 16.1. The van der Waals surface area contributed by atoms with Crippen molar-refractivity contribution in [2.45, 2.75) is 6.54 Å². The quantitative estimate of drug-likeness (QED) is 0.634. The predicted octanol–water partition coefficient (Wildman–Crippen LogP) is 3.08. The molecule has 0 radical (unpaired) electrons. The third kappa shape index (κ3) is 3.71. The van der Waals surface area contributed by atoms with Crippen LogP contribution >= 0.6 is 11.6 Å². The highest BCUT2D eigenvalue weighted by Crippen LogP contribution is 2.36. The second-order valence-corrected chi connectivity index (χ2v) is 7.56. The first-order valence-corrected chi connectivity index (χ1v) is 10.0. The molecular formula is C21H19ClN4O4. The van der Waals surface area contributed by atoms with Crippen LogP contribution in [0.1, 0.15) is 16.2 Å². The van der Waals surface area contributed by atoms with Crippen molar-refractivity contribution in [3.63, 3.8) is 0 Å². The molecule has 2 aliphatic rings. The molecule has 2 aromatic carbocycles. The van der Waals surface area contributed by atoms with Crippen molar-refractivity contribution in [3.8, 4) is 22.9 Å². The molecule has 1 amide bonds. The zero-order valence-electron chi connectivity index (χ0n) is 16.1. The maximum absolute atomic E-state index is 12.9. The summed E-state index contributed by atoms with van der Waals surface area (Å²) in [5, 5.41) is 4.71. The number of rotatable bonds is 4. The lowest BCUT2D eigenvalue weighted by Crippen LogP contribution is -2.48. The molecule has 0 unspecified atom stereocenters. The first kappa shape index (κ1) is 18.9. The van der Waals surface area contributed by atoms with E-state index in [4.69, 9.17) is 25.6 Å². The van der Waals surface area contributed by atoms with Crippen molar-refractivity contribution in [2.24, 2.45) is 0 Å². The number of hydrogen-bond donors (Lipinski definition) is 0. The molecule has 30 heavy (non-hydrogen) atoms. The molecule has 0 aliphatic carbocycles. The van der Waals surface area contributed by atoms with Crippen LogP contribution in [0.25, 0.3) is 11.4 Å². The fourth-order valence-corrected chi connectivity index (χ4v) is 3.73. The van der Waals surface area contributed by atoms with E-state index >= 15 is 0 Å². The van der Waals surface area contributed by atoms with Crippen LogP contribution in [-0.4, -0.2) is 58.8 Å². The molecular weight excluding hydrogens is 408 g/mol. The third-order valence-electron chi connectivity index (χ3n) is 5.22. The molecule has 8 nitrogen and oxygen atoms in total. The van der Waals surface area contributed by atoms with Gasteiger partial charge < -0.3 is 18.9 Å². The van der Waals surface area contributed by atoms with Gasteiger partial charge in [0.15, 0.2) is 11.5 Å². The van der Waals surface area contributed by atoms with Crippen LogP contribution in [0.2, 0.25) is 5.02 Å². The third-order valence-corrected chi connectivity index (χ3v) is 5.47. The molecule has 1 saturated heterocycles. The molecule has 5 rings (SSSR count). The van der Waals surface area contributed by atoms with E-state index in [1.807, 2.05) is 23.1 Å². The predicted molar refractivity (Wildman–Crippen MR) is 108 cm³/mol. The summed E-state index contributed by atoms with van der Waals surface area (Å²) in [6, 6.07) is 12.7. The first-order valence-electron chi connectivity index (χ1n) is 9.66. The maximum Gasteiger partial charge on any atom is 0.257 e. The van der Waals surface area contributed by atoms with E-state index in [0.29, 0.717) is 53.4 Å². The van der Waals surface area contributed by atoms with Crippen molar-refractivity contribution in [3.05, 3.63) is 58.9 Å². The van der Waals surface area contributed by atoms with Gasteiger partial charge in [-0.15, -0.1) is 0 Å². The summed E-state index contributed by atoms with van der Waals surface area (Å²) >= 11 is 5.92. The highest BCUT2D eigenvalue weighted by atomic mass is 35.5. The maximum atomic E-state index is 12.9. The number of halogens is 1. The van der Waals surface area contributed by atoms with E-state index in [9.17, 15) is 4.79 Å². The van der Waals surface area contributed by atoms with E-state index in [1.165, 1.54) is 0 Å². The fourth-order valence-electron chi connectivity index (χ4n) is 3.60. The number of fused-ring (bicyclic) bond motifs is 1. The Hall–Kier alpha value is -3.10. The molecule has 154 valence electrons. The molecule has 0 atom stereocenters. The Morgan fingerprint density at radius 3 is 2.63 bits per heavy atom. The molecule has 0 N–H and O–H groups in total. The van der Waals surface area contributed by atoms with E-state index in [-0.39, 0.29) is 12.7 Å². The number of piperazine rings is 1. The lowest BCUT2D eigenvalue weighted by atomic mass is 10.1. The summed E-state index contributed by atoms with van der Waals surface area (Å²) in [6.45, 7) is 3.35. The number of para-hydroxylation sites is 1. The van der Waals surface area contributed by atoms with Crippen LogP contribution < -0.4 is 9.47 Å². The van der Waals surface area contributed by atoms with Crippen LogP contribution in [-0.2, 0) is 6.54 Å². The number of amides is 1. The van der Waals surface area contributed by atoms with E-state index in [0.717, 1.165) is 18.7 Å². The Labute approximate surface area is 177 Å². The second kappa shape index (κ2) is 7.97. The van der Waals surface area contributed by atoms with Gasteiger partial charge in [-0.3, -0.25) is 9.69 Å². The van der Waals surface area contributed by atoms with E-state index in [1.54, 1.807) is 24.3 Å². The minimum Gasteiger partial charge on any atom is -0.454 e.